The van der Waals surface area contributed by atoms with E-state index in [2.05, 4.69) is 37.8 Å². The Labute approximate surface area is 135 Å². The maximum Gasteiger partial charge on any atom is 0.244 e. The van der Waals surface area contributed by atoms with Crippen LogP contribution in [-0.2, 0) is 4.79 Å². The third-order valence-electron chi connectivity index (χ3n) is 4.68. The van der Waals surface area contributed by atoms with Crippen LogP contribution in [0.1, 0.15) is 51.6 Å². The highest BCUT2D eigenvalue weighted by Gasteiger charge is 2.33. The molecule has 0 N–H and O–H groups in total. The van der Waals surface area contributed by atoms with Crippen molar-refractivity contribution in [3.63, 3.8) is 0 Å². The monoisotopic (exact) mass is 302 g/mol. The van der Waals surface area contributed by atoms with E-state index in [1.165, 1.54) is 12.8 Å². The van der Waals surface area contributed by atoms with Crippen LogP contribution in [0, 0.1) is 5.92 Å². The molecule has 1 amide bonds. The maximum absolute atomic E-state index is 13.1. The van der Waals surface area contributed by atoms with Crippen molar-refractivity contribution in [3.05, 3.63) is 35.9 Å². The highest BCUT2D eigenvalue weighted by molar-refractivity contribution is 5.83. The first-order chi connectivity index (χ1) is 10.5. The van der Waals surface area contributed by atoms with Crippen LogP contribution in [0.5, 0.6) is 0 Å². The molecule has 1 aromatic carbocycles. The van der Waals surface area contributed by atoms with Gasteiger partial charge in [0.1, 0.15) is 6.04 Å². The smallest absolute Gasteiger partial charge is 0.244 e. The van der Waals surface area contributed by atoms with Gasteiger partial charge in [0.15, 0.2) is 0 Å². The average Bonchev–Trinajstić information content (AvgIpc) is 3.01. The van der Waals surface area contributed by atoms with Crippen LogP contribution < -0.4 is 0 Å². The number of amides is 1. The molecular weight excluding hydrogens is 272 g/mol. The second kappa shape index (κ2) is 7.77. The Hall–Kier alpha value is -1.35. The normalized spacial score (nSPS) is 18.4. The van der Waals surface area contributed by atoms with Gasteiger partial charge in [-0.3, -0.25) is 9.69 Å². The Kier molecular flexibility index (Phi) is 6.01. The molecule has 1 aliphatic heterocycles. The Morgan fingerprint density at radius 3 is 2.27 bits per heavy atom. The Morgan fingerprint density at radius 1 is 1.14 bits per heavy atom. The standard InChI is InChI=1S/C19H30N2O/c1-15(2)14-16(3)20(4)19(22)18(21-12-8-9-13-21)17-10-6-5-7-11-17/h5-7,10-11,15-16,18H,8-9,12-14H2,1-4H3. The lowest BCUT2D eigenvalue weighted by molar-refractivity contribution is -0.137. The Morgan fingerprint density at radius 2 is 1.73 bits per heavy atom. The summed E-state index contributed by atoms with van der Waals surface area (Å²) < 4.78 is 0. The molecule has 3 nitrogen and oxygen atoms in total. The average molecular weight is 302 g/mol. The number of likely N-dealkylation sites (N-methyl/N-ethyl adjacent to an activating group) is 1. The van der Waals surface area contributed by atoms with Crippen molar-refractivity contribution in [2.75, 3.05) is 20.1 Å². The van der Waals surface area contributed by atoms with E-state index < -0.39 is 0 Å². The second-order valence-electron chi connectivity index (χ2n) is 6.98. The van der Waals surface area contributed by atoms with Crippen molar-refractivity contribution in [1.82, 2.24) is 9.80 Å². The summed E-state index contributed by atoms with van der Waals surface area (Å²) in [4.78, 5) is 17.4. The lowest BCUT2D eigenvalue weighted by atomic mass is 10.0. The van der Waals surface area contributed by atoms with Gasteiger partial charge in [-0.1, -0.05) is 44.2 Å². The van der Waals surface area contributed by atoms with E-state index in [1.807, 2.05) is 30.1 Å². The largest absolute Gasteiger partial charge is 0.341 e. The molecule has 122 valence electrons. The summed E-state index contributed by atoms with van der Waals surface area (Å²) in [5, 5.41) is 0. The van der Waals surface area contributed by atoms with E-state index in [-0.39, 0.29) is 18.0 Å². The first-order valence-corrected chi connectivity index (χ1v) is 8.56. The first kappa shape index (κ1) is 17.0. The van der Waals surface area contributed by atoms with Gasteiger partial charge in [-0.2, -0.15) is 0 Å². The van der Waals surface area contributed by atoms with Gasteiger partial charge in [0.25, 0.3) is 0 Å². The van der Waals surface area contributed by atoms with E-state index in [0.717, 1.165) is 25.1 Å². The SMILES string of the molecule is CC(C)CC(C)N(C)C(=O)C(c1ccccc1)N1CCCC1. The van der Waals surface area contributed by atoms with Gasteiger partial charge in [-0.15, -0.1) is 0 Å². The zero-order valence-electron chi connectivity index (χ0n) is 14.5. The lowest BCUT2D eigenvalue weighted by Gasteiger charge is -2.34. The van der Waals surface area contributed by atoms with Crippen molar-refractivity contribution < 1.29 is 4.79 Å². The molecule has 0 saturated carbocycles. The minimum absolute atomic E-state index is 0.122. The summed E-state index contributed by atoms with van der Waals surface area (Å²) in [7, 11) is 1.96. The van der Waals surface area contributed by atoms with Crippen molar-refractivity contribution in [2.45, 2.75) is 52.1 Å². The molecule has 2 rings (SSSR count). The summed E-state index contributed by atoms with van der Waals surface area (Å²) >= 11 is 0. The van der Waals surface area contributed by atoms with Crippen molar-refractivity contribution in [2.24, 2.45) is 5.92 Å². The third kappa shape index (κ3) is 4.10. The molecule has 0 bridgehead atoms. The zero-order chi connectivity index (χ0) is 16.1. The van der Waals surface area contributed by atoms with Crippen LogP contribution in [0.2, 0.25) is 0 Å². The number of carbonyl (C=O) groups excluding carboxylic acids is 1. The number of hydrogen-bond donors (Lipinski definition) is 0. The van der Waals surface area contributed by atoms with Crippen LogP contribution in [0.4, 0.5) is 0 Å². The molecule has 1 heterocycles. The van der Waals surface area contributed by atoms with Crippen LogP contribution in [-0.4, -0.2) is 41.9 Å². The van der Waals surface area contributed by atoms with E-state index in [0.29, 0.717) is 5.92 Å². The predicted octanol–water partition coefficient (Wildman–Crippen LogP) is 3.72. The first-order valence-electron chi connectivity index (χ1n) is 8.56. The van der Waals surface area contributed by atoms with Gasteiger partial charge in [0, 0.05) is 13.1 Å². The molecule has 0 radical (unpaired) electrons. The maximum atomic E-state index is 13.1. The minimum atomic E-state index is -0.122. The second-order valence-corrected chi connectivity index (χ2v) is 6.98. The Bertz CT molecular complexity index is 466. The molecule has 0 aromatic heterocycles. The predicted molar refractivity (Wildman–Crippen MR) is 91.7 cm³/mol. The molecule has 2 unspecified atom stereocenters. The van der Waals surface area contributed by atoms with Crippen LogP contribution >= 0.6 is 0 Å². The molecule has 0 aliphatic carbocycles. The summed E-state index contributed by atoms with van der Waals surface area (Å²) in [5.41, 5.74) is 1.12. The summed E-state index contributed by atoms with van der Waals surface area (Å²) in [5.74, 6) is 0.841. The molecule has 1 aromatic rings. The fourth-order valence-corrected chi connectivity index (χ4v) is 3.40. The van der Waals surface area contributed by atoms with E-state index in [4.69, 9.17) is 0 Å². The van der Waals surface area contributed by atoms with E-state index in [9.17, 15) is 4.79 Å². The van der Waals surface area contributed by atoms with Crippen LogP contribution in [0.15, 0.2) is 30.3 Å². The number of carbonyl (C=O) groups is 1. The molecule has 1 aliphatic rings. The zero-order valence-corrected chi connectivity index (χ0v) is 14.5. The van der Waals surface area contributed by atoms with Crippen molar-refractivity contribution in [1.29, 1.82) is 0 Å². The highest BCUT2D eigenvalue weighted by atomic mass is 16.2. The molecule has 3 heteroatoms. The van der Waals surface area contributed by atoms with Crippen molar-refractivity contribution >= 4 is 5.91 Å². The highest BCUT2D eigenvalue weighted by Crippen LogP contribution is 2.28. The van der Waals surface area contributed by atoms with Crippen LogP contribution in [0.25, 0.3) is 0 Å². The van der Waals surface area contributed by atoms with Gasteiger partial charge < -0.3 is 4.90 Å². The third-order valence-corrected chi connectivity index (χ3v) is 4.68. The number of nitrogens with zero attached hydrogens (tertiary/aromatic N) is 2. The van der Waals surface area contributed by atoms with Crippen LogP contribution in [0.3, 0.4) is 0 Å². The summed E-state index contributed by atoms with van der Waals surface area (Å²) in [6, 6.07) is 10.4. The van der Waals surface area contributed by atoms with Gasteiger partial charge in [-0.05, 0) is 50.8 Å². The number of hydrogen-bond acceptors (Lipinski definition) is 2. The molecule has 1 fully saturated rings. The Balaban J connectivity index is 2.19. The molecule has 1 saturated heterocycles. The van der Waals surface area contributed by atoms with Gasteiger partial charge in [-0.25, -0.2) is 0 Å². The molecule has 22 heavy (non-hydrogen) atoms. The van der Waals surface area contributed by atoms with Crippen molar-refractivity contribution in [3.8, 4) is 0 Å². The molecule has 2 atom stereocenters. The summed E-state index contributed by atoms with van der Waals surface area (Å²) in [6.45, 7) is 8.63. The topological polar surface area (TPSA) is 23.6 Å². The van der Waals surface area contributed by atoms with Gasteiger partial charge in [0.05, 0.1) is 0 Å². The number of likely N-dealkylation sites (tertiary alicyclic amines) is 1. The number of benzene rings is 1. The van der Waals surface area contributed by atoms with Gasteiger partial charge >= 0.3 is 0 Å². The lowest BCUT2D eigenvalue weighted by Crippen LogP contribution is -2.44. The fourth-order valence-electron chi connectivity index (χ4n) is 3.40. The van der Waals surface area contributed by atoms with Gasteiger partial charge in [0.2, 0.25) is 5.91 Å². The quantitative estimate of drug-likeness (QED) is 0.799. The summed E-state index contributed by atoms with van der Waals surface area (Å²) in [6.07, 6.45) is 3.44. The minimum Gasteiger partial charge on any atom is -0.341 e. The molecular formula is C19H30N2O. The fraction of sp³-hybridized carbons (Fsp3) is 0.632. The van der Waals surface area contributed by atoms with E-state index >= 15 is 0 Å². The number of rotatable bonds is 6. The molecule has 0 spiro atoms. The van der Waals surface area contributed by atoms with E-state index in [1.54, 1.807) is 0 Å².